The van der Waals surface area contributed by atoms with Crippen LogP contribution in [-0.4, -0.2) is 65.6 Å². The maximum atomic E-state index is 14.3. The van der Waals surface area contributed by atoms with Crippen LogP contribution in [0.2, 0.25) is 5.02 Å². The Morgan fingerprint density at radius 2 is 1.55 bits per heavy atom. The third kappa shape index (κ3) is 8.35. The van der Waals surface area contributed by atoms with Crippen LogP contribution in [0, 0.1) is 12.8 Å². The van der Waals surface area contributed by atoms with Gasteiger partial charge < -0.3 is 24.4 Å². The van der Waals surface area contributed by atoms with Crippen LogP contribution in [0.15, 0.2) is 65.6 Å². The summed E-state index contributed by atoms with van der Waals surface area (Å²) in [4.78, 5) is 28.6. The number of sulfonamides is 1. The van der Waals surface area contributed by atoms with E-state index in [0.29, 0.717) is 12.3 Å². The summed E-state index contributed by atoms with van der Waals surface area (Å²) in [5.74, 6) is -0.0581. The molecule has 1 atom stereocenters. The molecule has 0 saturated carbocycles. The molecule has 0 spiro atoms. The highest BCUT2D eigenvalue weighted by Gasteiger charge is 2.34. The fourth-order valence-corrected chi connectivity index (χ4v) is 6.12. The van der Waals surface area contributed by atoms with E-state index >= 15 is 0 Å². The molecule has 0 radical (unpaired) electrons. The Balaban J connectivity index is 2.13. The van der Waals surface area contributed by atoms with Crippen molar-refractivity contribution in [3.63, 3.8) is 0 Å². The van der Waals surface area contributed by atoms with Crippen LogP contribution in [0.1, 0.15) is 31.9 Å². The van der Waals surface area contributed by atoms with Crippen molar-refractivity contribution >= 4 is 39.1 Å². The Morgan fingerprint density at radius 1 is 0.886 bits per heavy atom. The number of ether oxygens (including phenoxy) is 3. The van der Waals surface area contributed by atoms with Gasteiger partial charge in [-0.2, -0.15) is 0 Å². The van der Waals surface area contributed by atoms with Gasteiger partial charge in [0.05, 0.1) is 31.9 Å². The number of aryl methyl sites for hydroxylation is 1. The highest BCUT2D eigenvalue weighted by atomic mass is 35.5. The maximum absolute atomic E-state index is 14.3. The van der Waals surface area contributed by atoms with Crippen molar-refractivity contribution in [2.75, 3.05) is 38.7 Å². The number of nitrogens with zero attached hydrogens (tertiary/aromatic N) is 2. The fraction of sp³-hybridized carbons (Fsp3) is 0.375. The van der Waals surface area contributed by atoms with Crippen LogP contribution in [0.5, 0.6) is 17.2 Å². The topological polar surface area (TPSA) is 114 Å². The standard InChI is InChI=1S/C32H40ClN3O7S/c1-21(2)18-34-32(38)23(4)35(19-24-10-8-9-22(3)15-24)31(37)20-36(27-16-25(33)11-13-28(27)41-5)44(39,40)26-12-14-29(42-6)30(17-26)43-7/h8-17,21,23H,18-20H2,1-7H3,(H,34,38)/t23-/m0/s1. The average Bonchev–Trinajstić information content (AvgIpc) is 3.00. The van der Waals surface area contributed by atoms with Gasteiger partial charge in [-0.15, -0.1) is 0 Å². The lowest BCUT2D eigenvalue weighted by Crippen LogP contribution is -2.51. The van der Waals surface area contributed by atoms with Crippen molar-refractivity contribution in [1.29, 1.82) is 0 Å². The highest BCUT2D eigenvalue weighted by molar-refractivity contribution is 7.92. The minimum absolute atomic E-state index is 0.0514. The van der Waals surface area contributed by atoms with Gasteiger partial charge in [-0.05, 0) is 55.7 Å². The first-order valence-electron chi connectivity index (χ1n) is 14.0. The lowest BCUT2D eigenvalue weighted by Gasteiger charge is -2.32. The summed E-state index contributed by atoms with van der Waals surface area (Å²) in [6, 6.07) is 15.3. The number of carbonyl (C=O) groups excluding carboxylic acids is 2. The highest BCUT2D eigenvalue weighted by Crippen LogP contribution is 2.37. The first-order valence-corrected chi connectivity index (χ1v) is 15.8. The molecule has 1 N–H and O–H groups in total. The molecule has 0 aliphatic heterocycles. The molecule has 238 valence electrons. The lowest BCUT2D eigenvalue weighted by atomic mass is 10.1. The van der Waals surface area contributed by atoms with Crippen LogP contribution in [-0.2, 0) is 26.2 Å². The molecule has 0 saturated heterocycles. The molecule has 0 aliphatic rings. The van der Waals surface area contributed by atoms with Crippen LogP contribution in [0.3, 0.4) is 0 Å². The molecule has 0 heterocycles. The van der Waals surface area contributed by atoms with Crippen molar-refractivity contribution in [3.05, 3.63) is 76.8 Å². The third-order valence-corrected chi connectivity index (χ3v) is 8.91. The Morgan fingerprint density at radius 3 is 2.16 bits per heavy atom. The quantitative estimate of drug-likeness (QED) is 0.261. The lowest BCUT2D eigenvalue weighted by molar-refractivity contribution is -0.139. The molecule has 3 rings (SSSR count). The van der Waals surface area contributed by atoms with Gasteiger partial charge in [0, 0.05) is 24.2 Å². The van der Waals surface area contributed by atoms with Gasteiger partial charge in [0.25, 0.3) is 10.0 Å². The monoisotopic (exact) mass is 645 g/mol. The van der Waals surface area contributed by atoms with E-state index in [1.165, 1.54) is 56.6 Å². The van der Waals surface area contributed by atoms with Crippen LogP contribution < -0.4 is 23.8 Å². The summed E-state index contributed by atoms with van der Waals surface area (Å²) >= 11 is 6.31. The molecule has 0 fully saturated rings. The van der Waals surface area contributed by atoms with Gasteiger partial charge in [-0.1, -0.05) is 55.3 Å². The number of benzene rings is 3. The van der Waals surface area contributed by atoms with Crippen LogP contribution in [0.4, 0.5) is 5.69 Å². The summed E-state index contributed by atoms with van der Waals surface area (Å²) in [6.07, 6.45) is 0. The summed E-state index contributed by atoms with van der Waals surface area (Å²) in [7, 11) is -0.203. The van der Waals surface area contributed by atoms with E-state index in [-0.39, 0.29) is 45.5 Å². The summed E-state index contributed by atoms with van der Waals surface area (Å²) in [5.41, 5.74) is 1.82. The summed E-state index contributed by atoms with van der Waals surface area (Å²) in [6.45, 7) is 7.34. The molecular formula is C32H40ClN3O7S. The van der Waals surface area contributed by atoms with E-state index in [2.05, 4.69) is 5.32 Å². The second-order valence-electron chi connectivity index (χ2n) is 10.7. The van der Waals surface area contributed by atoms with Crippen molar-refractivity contribution in [2.24, 2.45) is 5.92 Å². The van der Waals surface area contributed by atoms with Gasteiger partial charge in [-0.25, -0.2) is 8.42 Å². The first-order chi connectivity index (χ1) is 20.8. The van der Waals surface area contributed by atoms with Gasteiger partial charge in [0.1, 0.15) is 18.3 Å². The third-order valence-electron chi connectivity index (χ3n) is 6.92. The number of anilines is 1. The number of hydrogen-bond acceptors (Lipinski definition) is 7. The van der Waals surface area contributed by atoms with E-state index in [4.69, 9.17) is 25.8 Å². The molecule has 10 nitrogen and oxygen atoms in total. The largest absolute Gasteiger partial charge is 0.495 e. The van der Waals surface area contributed by atoms with Crippen molar-refractivity contribution in [1.82, 2.24) is 10.2 Å². The molecule has 0 unspecified atom stereocenters. The van der Waals surface area contributed by atoms with Crippen LogP contribution in [0.25, 0.3) is 0 Å². The minimum atomic E-state index is -4.43. The molecule has 0 bridgehead atoms. The Bertz CT molecular complexity index is 1580. The second-order valence-corrected chi connectivity index (χ2v) is 13.0. The summed E-state index contributed by atoms with van der Waals surface area (Å²) in [5, 5.41) is 3.11. The first kappa shape index (κ1) is 34.5. The minimum Gasteiger partial charge on any atom is -0.495 e. The van der Waals surface area contributed by atoms with Gasteiger partial charge in [0.15, 0.2) is 11.5 Å². The molecule has 0 aromatic heterocycles. The Hall–Kier alpha value is -3.96. The average molecular weight is 646 g/mol. The molecule has 3 aromatic carbocycles. The van der Waals surface area contributed by atoms with Gasteiger partial charge >= 0.3 is 0 Å². The summed E-state index contributed by atoms with van der Waals surface area (Å²) < 4.78 is 45.6. The maximum Gasteiger partial charge on any atom is 0.265 e. The number of nitrogens with one attached hydrogen (secondary N) is 1. The van der Waals surface area contributed by atoms with E-state index < -0.39 is 28.5 Å². The fourth-order valence-electron chi connectivity index (χ4n) is 4.52. The normalized spacial score (nSPS) is 11.9. The van der Waals surface area contributed by atoms with E-state index in [1.54, 1.807) is 13.0 Å². The number of rotatable bonds is 14. The zero-order chi connectivity index (χ0) is 32.6. The van der Waals surface area contributed by atoms with E-state index in [9.17, 15) is 18.0 Å². The molecule has 44 heavy (non-hydrogen) atoms. The van der Waals surface area contributed by atoms with Crippen LogP contribution >= 0.6 is 11.6 Å². The van der Waals surface area contributed by atoms with E-state index in [0.717, 1.165) is 15.4 Å². The SMILES string of the molecule is COc1ccc(S(=O)(=O)N(CC(=O)N(Cc2cccc(C)c2)[C@@H](C)C(=O)NCC(C)C)c2cc(Cl)ccc2OC)cc1OC. The van der Waals surface area contributed by atoms with Gasteiger partial charge in [0.2, 0.25) is 11.8 Å². The smallest absolute Gasteiger partial charge is 0.265 e. The number of amides is 2. The second kappa shape index (κ2) is 15.2. The predicted octanol–water partition coefficient (Wildman–Crippen LogP) is 5.06. The van der Waals surface area contributed by atoms with E-state index in [1.807, 2.05) is 45.0 Å². The zero-order valence-corrected chi connectivity index (χ0v) is 27.7. The Labute approximate surface area is 264 Å². The number of halogens is 1. The molecule has 3 aromatic rings. The zero-order valence-electron chi connectivity index (χ0n) is 26.1. The molecule has 12 heteroatoms. The van der Waals surface area contributed by atoms with Gasteiger partial charge in [-0.3, -0.25) is 13.9 Å². The Kier molecular flexibility index (Phi) is 11.9. The number of methoxy groups -OCH3 is 3. The number of hydrogen-bond donors (Lipinski definition) is 1. The van der Waals surface area contributed by atoms with Crippen molar-refractivity contribution in [3.8, 4) is 17.2 Å². The van der Waals surface area contributed by atoms with Crippen molar-refractivity contribution < 1.29 is 32.2 Å². The molecule has 0 aliphatic carbocycles. The number of carbonyl (C=O) groups is 2. The predicted molar refractivity (Wildman–Crippen MR) is 171 cm³/mol. The molecule has 2 amide bonds. The molecular weight excluding hydrogens is 606 g/mol. The van der Waals surface area contributed by atoms with Crippen molar-refractivity contribution in [2.45, 2.75) is 45.2 Å².